The summed E-state index contributed by atoms with van der Waals surface area (Å²) in [5, 5.41) is 6.13. The van der Waals surface area contributed by atoms with Crippen molar-refractivity contribution in [2.75, 3.05) is 25.0 Å². The first kappa shape index (κ1) is 14.9. The second-order valence-corrected chi connectivity index (χ2v) is 5.53. The van der Waals surface area contributed by atoms with Gasteiger partial charge < -0.3 is 15.4 Å². The van der Waals surface area contributed by atoms with E-state index < -0.39 is 0 Å². The van der Waals surface area contributed by atoms with Crippen molar-refractivity contribution >= 4 is 11.6 Å². The van der Waals surface area contributed by atoms with Gasteiger partial charge in [-0.25, -0.2) is 0 Å². The molecule has 0 aromatic heterocycles. The van der Waals surface area contributed by atoms with Crippen LogP contribution in [0.4, 0.5) is 5.69 Å². The predicted octanol–water partition coefficient (Wildman–Crippen LogP) is 2.52. The lowest BCUT2D eigenvalue weighted by Gasteiger charge is -2.15. The van der Waals surface area contributed by atoms with Crippen molar-refractivity contribution in [3.05, 3.63) is 29.8 Å². The van der Waals surface area contributed by atoms with Gasteiger partial charge in [0.15, 0.2) is 0 Å². The molecule has 1 fully saturated rings. The van der Waals surface area contributed by atoms with Gasteiger partial charge in [0.1, 0.15) is 0 Å². The molecule has 0 spiro atoms. The molecule has 1 amide bonds. The molecule has 1 saturated heterocycles. The lowest BCUT2D eigenvalue weighted by atomic mass is 10.0. The van der Waals surface area contributed by atoms with Gasteiger partial charge in [0.2, 0.25) is 5.91 Å². The van der Waals surface area contributed by atoms with E-state index in [-0.39, 0.29) is 12.0 Å². The Labute approximate surface area is 120 Å². The van der Waals surface area contributed by atoms with Crippen molar-refractivity contribution in [2.45, 2.75) is 38.7 Å². The third kappa shape index (κ3) is 4.23. The normalized spacial score (nSPS) is 18.2. The van der Waals surface area contributed by atoms with Gasteiger partial charge in [0.25, 0.3) is 0 Å². The van der Waals surface area contributed by atoms with Crippen molar-refractivity contribution in [3.63, 3.8) is 0 Å². The maximum atomic E-state index is 11.8. The SMILES string of the molecule is CC(C)c1ccccc1NCC(=O)NCC1CCCO1. The summed E-state index contributed by atoms with van der Waals surface area (Å²) in [5.74, 6) is 0.452. The van der Waals surface area contributed by atoms with Crippen LogP contribution in [0.2, 0.25) is 0 Å². The molecular formula is C16H24N2O2. The molecule has 0 saturated carbocycles. The Kier molecular flexibility index (Phi) is 5.41. The molecule has 0 aliphatic carbocycles. The number of carbonyl (C=O) groups excluding carboxylic acids is 1. The highest BCUT2D eigenvalue weighted by Gasteiger charge is 2.16. The largest absolute Gasteiger partial charge is 0.376 e. The molecule has 4 nitrogen and oxygen atoms in total. The number of carbonyl (C=O) groups is 1. The second kappa shape index (κ2) is 7.29. The number of hydrogen-bond acceptors (Lipinski definition) is 3. The summed E-state index contributed by atoms with van der Waals surface area (Å²) < 4.78 is 5.48. The van der Waals surface area contributed by atoms with Gasteiger partial charge in [-0.15, -0.1) is 0 Å². The van der Waals surface area contributed by atoms with Gasteiger partial charge in [-0.3, -0.25) is 4.79 Å². The summed E-state index contributed by atoms with van der Waals surface area (Å²) in [6, 6.07) is 8.12. The molecule has 20 heavy (non-hydrogen) atoms. The third-order valence-corrected chi connectivity index (χ3v) is 3.57. The monoisotopic (exact) mass is 276 g/mol. The topological polar surface area (TPSA) is 50.4 Å². The molecule has 4 heteroatoms. The van der Waals surface area contributed by atoms with Crippen LogP contribution in [0.1, 0.15) is 38.2 Å². The molecule has 0 radical (unpaired) electrons. The Hall–Kier alpha value is -1.55. The molecule has 1 aromatic carbocycles. The fourth-order valence-electron chi connectivity index (χ4n) is 2.43. The lowest BCUT2D eigenvalue weighted by molar-refractivity contribution is -0.119. The van der Waals surface area contributed by atoms with E-state index >= 15 is 0 Å². The molecule has 1 aliphatic rings. The Bertz CT molecular complexity index is 440. The predicted molar refractivity (Wildman–Crippen MR) is 81.0 cm³/mol. The highest BCUT2D eigenvalue weighted by molar-refractivity contribution is 5.81. The van der Waals surface area contributed by atoms with Gasteiger partial charge in [0, 0.05) is 18.8 Å². The average molecular weight is 276 g/mol. The van der Waals surface area contributed by atoms with E-state index in [1.54, 1.807) is 0 Å². The van der Waals surface area contributed by atoms with Gasteiger partial charge in [-0.05, 0) is 30.4 Å². The summed E-state index contributed by atoms with van der Waals surface area (Å²) >= 11 is 0. The Morgan fingerprint density at radius 2 is 2.20 bits per heavy atom. The van der Waals surface area contributed by atoms with Crippen LogP contribution < -0.4 is 10.6 Å². The van der Waals surface area contributed by atoms with Gasteiger partial charge in [-0.1, -0.05) is 32.0 Å². The molecule has 2 N–H and O–H groups in total. The quantitative estimate of drug-likeness (QED) is 0.839. The van der Waals surface area contributed by atoms with Crippen LogP contribution in [0, 0.1) is 0 Å². The maximum absolute atomic E-state index is 11.8. The molecule has 1 heterocycles. The summed E-state index contributed by atoms with van der Waals surface area (Å²) in [6.07, 6.45) is 2.34. The highest BCUT2D eigenvalue weighted by Crippen LogP contribution is 2.23. The van der Waals surface area contributed by atoms with Crippen molar-refractivity contribution < 1.29 is 9.53 Å². The molecule has 1 unspecified atom stereocenters. The van der Waals surface area contributed by atoms with Crippen LogP contribution >= 0.6 is 0 Å². The Morgan fingerprint density at radius 1 is 1.40 bits per heavy atom. The van der Waals surface area contributed by atoms with Gasteiger partial charge in [0.05, 0.1) is 12.6 Å². The van der Waals surface area contributed by atoms with Gasteiger partial charge >= 0.3 is 0 Å². The van der Waals surface area contributed by atoms with Crippen LogP contribution in [0.5, 0.6) is 0 Å². The number of ether oxygens (including phenoxy) is 1. The standard InChI is InChI=1S/C16H24N2O2/c1-12(2)14-7-3-4-8-15(14)17-11-16(19)18-10-13-6-5-9-20-13/h3-4,7-8,12-13,17H,5-6,9-11H2,1-2H3,(H,18,19). The highest BCUT2D eigenvalue weighted by atomic mass is 16.5. The van der Waals surface area contributed by atoms with Crippen LogP contribution in [-0.2, 0) is 9.53 Å². The minimum absolute atomic E-state index is 0.0130. The zero-order chi connectivity index (χ0) is 14.4. The van der Waals surface area contributed by atoms with Crippen LogP contribution in [0.15, 0.2) is 24.3 Å². The molecule has 1 aliphatic heterocycles. The lowest BCUT2D eigenvalue weighted by Crippen LogP contribution is -2.35. The summed E-state index contributed by atoms with van der Waals surface area (Å²) in [5.41, 5.74) is 2.27. The zero-order valence-corrected chi connectivity index (χ0v) is 12.3. The summed E-state index contributed by atoms with van der Waals surface area (Å²) in [6.45, 7) is 6.04. The minimum atomic E-state index is 0.0130. The van der Waals surface area contributed by atoms with Crippen molar-refractivity contribution in [3.8, 4) is 0 Å². The fraction of sp³-hybridized carbons (Fsp3) is 0.562. The Morgan fingerprint density at radius 3 is 2.90 bits per heavy atom. The number of benzene rings is 1. The van der Waals surface area contributed by atoms with E-state index in [1.807, 2.05) is 18.2 Å². The first-order chi connectivity index (χ1) is 9.66. The molecule has 0 bridgehead atoms. The molecule has 110 valence electrons. The van der Waals surface area contributed by atoms with Crippen molar-refractivity contribution in [1.29, 1.82) is 0 Å². The van der Waals surface area contributed by atoms with Crippen LogP contribution in [0.3, 0.4) is 0 Å². The summed E-state index contributed by atoms with van der Waals surface area (Å²) in [4.78, 5) is 11.8. The van der Waals surface area contributed by atoms with Gasteiger partial charge in [-0.2, -0.15) is 0 Å². The van der Waals surface area contributed by atoms with E-state index in [4.69, 9.17) is 4.74 Å². The smallest absolute Gasteiger partial charge is 0.239 e. The molecule has 1 aromatic rings. The van der Waals surface area contributed by atoms with Crippen LogP contribution in [0.25, 0.3) is 0 Å². The first-order valence-corrected chi connectivity index (χ1v) is 7.38. The molecule has 2 rings (SSSR count). The van der Waals surface area contributed by atoms with E-state index in [9.17, 15) is 4.79 Å². The first-order valence-electron chi connectivity index (χ1n) is 7.38. The second-order valence-electron chi connectivity index (χ2n) is 5.53. The average Bonchev–Trinajstić information content (AvgIpc) is 2.96. The number of rotatable bonds is 6. The van der Waals surface area contributed by atoms with E-state index in [0.717, 1.165) is 25.1 Å². The number of nitrogens with one attached hydrogen (secondary N) is 2. The Balaban J connectivity index is 1.78. The van der Waals surface area contributed by atoms with Crippen molar-refractivity contribution in [1.82, 2.24) is 5.32 Å². The molecular weight excluding hydrogens is 252 g/mol. The van der Waals surface area contributed by atoms with E-state index in [0.29, 0.717) is 19.0 Å². The number of amides is 1. The van der Waals surface area contributed by atoms with Crippen molar-refractivity contribution in [2.24, 2.45) is 0 Å². The van der Waals surface area contributed by atoms with E-state index in [2.05, 4.69) is 30.5 Å². The minimum Gasteiger partial charge on any atom is -0.376 e. The number of hydrogen-bond donors (Lipinski definition) is 2. The van der Waals surface area contributed by atoms with Crippen LogP contribution in [-0.4, -0.2) is 31.7 Å². The summed E-state index contributed by atoms with van der Waals surface area (Å²) in [7, 11) is 0. The van der Waals surface area contributed by atoms with E-state index in [1.165, 1.54) is 5.56 Å². The number of anilines is 1. The number of para-hydroxylation sites is 1. The molecule has 1 atom stereocenters. The fourth-order valence-corrected chi connectivity index (χ4v) is 2.43. The third-order valence-electron chi connectivity index (χ3n) is 3.57. The maximum Gasteiger partial charge on any atom is 0.239 e. The zero-order valence-electron chi connectivity index (χ0n) is 12.3.